The van der Waals surface area contributed by atoms with Crippen molar-refractivity contribution >= 4 is 11.6 Å². The Morgan fingerprint density at radius 2 is 2.07 bits per heavy atom. The molecule has 0 unspecified atom stereocenters. The molecule has 0 atom stereocenters. The van der Waals surface area contributed by atoms with Gasteiger partial charge in [0.25, 0.3) is 0 Å². The maximum Gasteiger partial charge on any atom is 0.147 e. The number of hydrogen-bond acceptors (Lipinski definition) is 2. The van der Waals surface area contributed by atoms with E-state index in [2.05, 4.69) is 10.1 Å². The molecule has 3 nitrogen and oxygen atoms in total. The Morgan fingerprint density at radius 3 is 2.64 bits per heavy atom. The molecular weight excluding hydrogens is 198 g/mol. The van der Waals surface area contributed by atoms with Gasteiger partial charge in [-0.25, -0.2) is 9.67 Å². The van der Waals surface area contributed by atoms with Crippen LogP contribution < -0.4 is 0 Å². The first kappa shape index (κ1) is 9.21. The summed E-state index contributed by atoms with van der Waals surface area (Å²) in [6.07, 6.45) is 1.70. The third kappa shape index (κ3) is 1.63. The first-order valence-electron chi connectivity index (χ1n) is 4.31. The monoisotopic (exact) mass is 207 g/mol. The normalized spacial score (nSPS) is 10.5. The summed E-state index contributed by atoms with van der Waals surface area (Å²) in [5, 5.41) is 4.97. The molecule has 0 saturated heterocycles. The molecule has 0 bridgehead atoms. The minimum atomic E-state index is 0.739. The zero-order valence-corrected chi connectivity index (χ0v) is 8.78. The van der Waals surface area contributed by atoms with Crippen LogP contribution in [-0.2, 0) is 0 Å². The van der Waals surface area contributed by atoms with E-state index in [1.165, 1.54) is 0 Å². The summed E-state index contributed by atoms with van der Waals surface area (Å²) >= 11 is 5.86. The number of aromatic nitrogens is 3. The van der Waals surface area contributed by atoms with Crippen LogP contribution in [0.5, 0.6) is 0 Å². The topological polar surface area (TPSA) is 30.7 Å². The average Bonchev–Trinajstić information content (AvgIpc) is 2.51. The minimum Gasteiger partial charge on any atom is -0.221 e. The second-order valence-electron chi connectivity index (χ2n) is 3.17. The van der Waals surface area contributed by atoms with Gasteiger partial charge in [0.15, 0.2) is 0 Å². The SMILES string of the molecule is Cc1ncn(-c2ccc(Cl)cc2C)n1. The summed E-state index contributed by atoms with van der Waals surface area (Å²) in [7, 11) is 0. The van der Waals surface area contributed by atoms with E-state index in [1.807, 2.05) is 32.0 Å². The Labute approximate surface area is 87.3 Å². The molecule has 0 aliphatic carbocycles. The van der Waals surface area contributed by atoms with Crippen molar-refractivity contribution in [2.45, 2.75) is 13.8 Å². The lowest BCUT2D eigenvalue weighted by atomic mass is 10.2. The molecule has 0 spiro atoms. The molecule has 0 amide bonds. The van der Waals surface area contributed by atoms with E-state index in [0.29, 0.717) is 0 Å². The van der Waals surface area contributed by atoms with Gasteiger partial charge in [-0.3, -0.25) is 0 Å². The van der Waals surface area contributed by atoms with Crippen molar-refractivity contribution in [3.8, 4) is 5.69 Å². The molecule has 1 aromatic carbocycles. The quantitative estimate of drug-likeness (QED) is 0.720. The number of benzene rings is 1. The first-order chi connectivity index (χ1) is 6.66. The van der Waals surface area contributed by atoms with Gasteiger partial charge in [0.05, 0.1) is 5.69 Å². The number of hydrogen-bond donors (Lipinski definition) is 0. The van der Waals surface area contributed by atoms with Crippen molar-refractivity contribution in [3.05, 3.63) is 40.9 Å². The molecule has 0 saturated carbocycles. The second kappa shape index (κ2) is 3.42. The van der Waals surface area contributed by atoms with Gasteiger partial charge < -0.3 is 0 Å². The number of nitrogens with zero attached hydrogens (tertiary/aromatic N) is 3. The largest absolute Gasteiger partial charge is 0.221 e. The van der Waals surface area contributed by atoms with Crippen LogP contribution in [0.2, 0.25) is 5.02 Å². The fraction of sp³-hybridized carbons (Fsp3) is 0.200. The summed E-state index contributed by atoms with van der Waals surface area (Å²) < 4.78 is 1.75. The standard InChI is InChI=1S/C10H10ClN3/c1-7-5-9(11)3-4-10(7)14-6-12-8(2)13-14/h3-6H,1-2H3. The van der Waals surface area contributed by atoms with Crippen LogP contribution in [0.4, 0.5) is 0 Å². The summed E-state index contributed by atoms with van der Waals surface area (Å²) in [5.41, 5.74) is 2.09. The summed E-state index contributed by atoms with van der Waals surface area (Å²) in [6.45, 7) is 3.86. The lowest BCUT2D eigenvalue weighted by molar-refractivity contribution is 0.856. The zero-order chi connectivity index (χ0) is 10.1. The molecular formula is C10H10ClN3. The zero-order valence-electron chi connectivity index (χ0n) is 8.03. The Kier molecular flexibility index (Phi) is 2.25. The molecule has 2 rings (SSSR count). The Balaban J connectivity index is 2.52. The molecule has 2 aromatic rings. The van der Waals surface area contributed by atoms with E-state index in [1.54, 1.807) is 11.0 Å². The van der Waals surface area contributed by atoms with Gasteiger partial charge in [0.1, 0.15) is 12.2 Å². The molecule has 4 heteroatoms. The molecule has 0 fully saturated rings. The Hall–Kier alpha value is -1.35. The number of halogens is 1. The Morgan fingerprint density at radius 1 is 1.29 bits per heavy atom. The van der Waals surface area contributed by atoms with Crippen LogP contribution in [0, 0.1) is 13.8 Å². The predicted molar refractivity (Wildman–Crippen MR) is 55.8 cm³/mol. The highest BCUT2D eigenvalue weighted by Crippen LogP contribution is 2.17. The van der Waals surface area contributed by atoms with Crippen LogP contribution in [0.3, 0.4) is 0 Å². The molecule has 0 radical (unpaired) electrons. The van der Waals surface area contributed by atoms with Gasteiger partial charge in [-0.15, -0.1) is 0 Å². The number of aryl methyl sites for hydroxylation is 2. The van der Waals surface area contributed by atoms with Gasteiger partial charge >= 0.3 is 0 Å². The van der Waals surface area contributed by atoms with Crippen molar-refractivity contribution in [2.75, 3.05) is 0 Å². The van der Waals surface area contributed by atoms with Crippen molar-refractivity contribution in [2.24, 2.45) is 0 Å². The lowest BCUT2D eigenvalue weighted by Gasteiger charge is -2.04. The summed E-state index contributed by atoms with van der Waals surface area (Å²) in [5.74, 6) is 0.763. The maximum atomic E-state index is 5.86. The smallest absolute Gasteiger partial charge is 0.147 e. The molecule has 0 N–H and O–H groups in total. The maximum absolute atomic E-state index is 5.86. The highest BCUT2D eigenvalue weighted by Gasteiger charge is 2.02. The molecule has 0 aliphatic heterocycles. The van der Waals surface area contributed by atoms with Crippen molar-refractivity contribution in [1.82, 2.24) is 14.8 Å². The van der Waals surface area contributed by atoms with Gasteiger partial charge in [0.2, 0.25) is 0 Å². The predicted octanol–water partition coefficient (Wildman–Crippen LogP) is 2.54. The lowest BCUT2D eigenvalue weighted by Crippen LogP contribution is -1.97. The van der Waals surface area contributed by atoms with Crippen LogP contribution >= 0.6 is 11.6 Å². The van der Waals surface area contributed by atoms with E-state index in [0.717, 1.165) is 22.1 Å². The Bertz CT molecular complexity index is 462. The van der Waals surface area contributed by atoms with Crippen LogP contribution in [-0.4, -0.2) is 14.8 Å². The van der Waals surface area contributed by atoms with E-state index >= 15 is 0 Å². The molecule has 1 heterocycles. The van der Waals surface area contributed by atoms with E-state index in [9.17, 15) is 0 Å². The molecule has 14 heavy (non-hydrogen) atoms. The van der Waals surface area contributed by atoms with Crippen LogP contribution in [0.25, 0.3) is 5.69 Å². The van der Waals surface area contributed by atoms with Gasteiger partial charge in [0, 0.05) is 5.02 Å². The third-order valence-corrected chi connectivity index (χ3v) is 2.25. The van der Waals surface area contributed by atoms with Crippen LogP contribution in [0.1, 0.15) is 11.4 Å². The average molecular weight is 208 g/mol. The van der Waals surface area contributed by atoms with Gasteiger partial charge in [-0.1, -0.05) is 11.6 Å². The van der Waals surface area contributed by atoms with Crippen molar-refractivity contribution in [3.63, 3.8) is 0 Å². The van der Waals surface area contributed by atoms with Crippen molar-refractivity contribution < 1.29 is 0 Å². The molecule has 72 valence electrons. The highest BCUT2D eigenvalue weighted by molar-refractivity contribution is 6.30. The molecule has 1 aromatic heterocycles. The summed E-state index contributed by atoms with van der Waals surface area (Å²) in [6, 6.07) is 5.70. The number of rotatable bonds is 1. The third-order valence-electron chi connectivity index (χ3n) is 2.01. The highest BCUT2D eigenvalue weighted by atomic mass is 35.5. The summed E-state index contributed by atoms with van der Waals surface area (Å²) in [4.78, 5) is 4.08. The minimum absolute atomic E-state index is 0.739. The second-order valence-corrected chi connectivity index (χ2v) is 3.60. The molecule has 0 aliphatic rings. The van der Waals surface area contributed by atoms with Gasteiger partial charge in [-0.05, 0) is 37.6 Å². The van der Waals surface area contributed by atoms with E-state index in [4.69, 9.17) is 11.6 Å². The van der Waals surface area contributed by atoms with E-state index < -0.39 is 0 Å². The van der Waals surface area contributed by atoms with Crippen LogP contribution in [0.15, 0.2) is 24.5 Å². The fourth-order valence-corrected chi connectivity index (χ4v) is 1.56. The fourth-order valence-electron chi connectivity index (χ4n) is 1.34. The van der Waals surface area contributed by atoms with Gasteiger partial charge in [-0.2, -0.15) is 5.10 Å². The first-order valence-corrected chi connectivity index (χ1v) is 4.69. The van der Waals surface area contributed by atoms with E-state index in [-0.39, 0.29) is 0 Å². The van der Waals surface area contributed by atoms with Crippen molar-refractivity contribution in [1.29, 1.82) is 0 Å².